The molecule has 0 spiro atoms. The van der Waals surface area contributed by atoms with Crippen molar-refractivity contribution in [2.75, 3.05) is 10.6 Å². The van der Waals surface area contributed by atoms with Gasteiger partial charge in [0.25, 0.3) is 5.91 Å². The molecule has 1 atom stereocenters. The van der Waals surface area contributed by atoms with Crippen molar-refractivity contribution in [3.05, 3.63) is 88.9 Å². The summed E-state index contributed by atoms with van der Waals surface area (Å²) in [6, 6.07) is 20.0. The van der Waals surface area contributed by atoms with Gasteiger partial charge in [0.1, 0.15) is 0 Å². The highest BCUT2D eigenvalue weighted by Gasteiger charge is 2.18. The van der Waals surface area contributed by atoms with Gasteiger partial charge >= 0.3 is 5.97 Å². The second-order valence-corrected chi connectivity index (χ2v) is 8.38. The molecule has 0 radical (unpaired) electrons. The lowest BCUT2D eigenvalue weighted by Gasteiger charge is -2.14. The Morgan fingerprint density at radius 1 is 0.903 bits per heavy atom. The molecule has 2 amide bonds. The molecular weight excluding hydrogens is 436 g/mol. The van der Waals surface area contributed by atoms with Crippen molar-refractivity contribution in [2.24, 2.45) is 0 Å². The van der Waals surface area contributed by atoms with E-state index in [9.17, 15) is 19.5 Å². The Bertz CT molecular complexity index is 1140. The van der Waals surface area contributed by atoms with Crippen LogP contribution in [0, 0.1) is 0 Å². The van der Waals surface area contributed by atoms with Gasteiger partial charge in [0.15, 0.2) is 0 Å². The Labute approximate surface area is 188 Å². The number of amides is 2. The van der Waals surface area contributed by atoms with Gasteiger partial charge in [0.05, 0.1) is 27.1 Å². The molecule has 0 bridgehead atoms. The molecule has 3 aromatic rings. The van der Waals surface area contributed by atoms with Crippen molar-refractivity contribution in [1.82, 2.24) is 0 Å². The molecule has 6 nitrogen and oxygen atoms in total. The quantitative estimate of drug-likeness (QED) is 0.415. The van der Waals surface area contributed by atoms with Crippen LogP contribution in [-0.4, -0.2) is 28.1 Å². The van der Waals surface area contributed by atoms with Gasteiger partial charge in [-0.05, 0) is 49.4 Å². The lowest BCUT2D eigenvalue weighted by molar-refractivity contribution is -0.115. The van der Waals surface area contributed by atoms with E-state index in [1.54, 1.807) is 61.5 Å². The van der Waals surface area contributed by atoms with E-state index in [-0.39, 0.29) is 17.0 Å². The predicted octanol–water partition coefficient (Wildman–Crippen LogP) is 5.41. The van der Waals surface area contributed by atoms with Crippen LogP contribution >= 0.6 is 23.4 Å². The second kappa shape index (κ2) is 10.1. The first-order chi connectivity index (χ1) is 14.8. The lowest BCUT2D eigenvalue weighted by Crippen LogP contribution is -2.22. The third-order valence-electron chi connectivity index (χ3n) is 4.31. The van der Waals surface area contributed by atoms with Crippen molar-refractivity contribution in [1.29, 1.82) is 0 Å². The normalized spacial score (nSPS) is 11.4. The minimum atomic E-state index is -1.17. The van der Waals surface area contributed by atoms with Crippen LogP contribution in [0.2, 0.25) is 5.02 Å². The van der Waals surface area contributed by atoms with E-state index in [1.807, 2.05) is 6.07 Å². The van der Waals surface area contributed by atoms with Crippen molar-refractivity contribution >= 4 is 52.5 Å². The first kappa shape index (κ1) is 22.4. The fourth-order valence-electron chi connectivity index (χ4n) is 2.77. The maximum atomic E-state index is 12.6. The van der Waals surface area contributed by atoms with Crippen LogP contribution in [0.5, 0.6) is 0 Å². The molecule has 3 rings (SSSR count). The first-order valence-corrected chi connectivity index (χ1v) is 10.6. The number of thioether (sulfide) groups is 1. The van der Waals surface area contributed by atoms with E-state index in [0.717, 1.165) is 4.90 Å². The van der Waals surface area contributed by atoms with Crippen LogP contribution in [0.3, 0.4) is 0 Å². The Balaban J connectivity index is 1.68. The van der Waals surface area contributed by atoms with Gasteiger partial charge in [-0.1, -0.05) is 41.9 Å². The fourth-order valence-corrected chi connectivity index (χ4v) is 3.88. The zero-order chi connectivity index (χ0) is 22.4. The maximum Gasteiger partial charge on any atom is 0.336 e. The summed E-state index contributed by atoms with van der Waals surface area (Å²) in [5.41, 5.74) is 1.03. The van der Waals surface area contributed by atoms with E-state index >= 15 is 0 Å². The molecule has 3 aromatic carbocycles. The Kier molecular flexibility index (Phi) is 7.33. The molecule has 0 fully saturated rings. The smallest absolute Gasteiger partial charge is 0.336 e. The van der Waals surface area contributed by atoms with Crippen LogP contribution in [-0.2, 0) is 4.79 Å². The number of carboxylic acids is 1. The number of hydrogen-bond donors (Lipinski definition) is 3. The van der Waals surface area contributed by atoms with Gasteiger partial charge in [0.2, 0.25) is 5.91 Å². The number of benzene rings is 3. The third-order valence-corrected chi connectivity index (χ3v) is 5.73. The zero-order valence-corrected chi connectivity index (χ0v) is 18.0. The largest absolute Gasteiger partial charge is 0.478 e. The van der Waals surface area contributed by atoms with Crippen molar-refractivity contribution in [3.8, 4) is 0 Å². The minimum absolute atomic E-state index is 0.0699. The third kappa shape index (κ3) is 5.87. The summed E-state index contributed by atoms with van der Waals surface area (Å²) in [4.78, 5) is 37.2. The molecule has 0 aliphatic carbocycles. The summed E-state index contributed by atoms with van der Waals surface area (Å²) in [6.45, 7) is 1.77. The number of nitrogens with one attached hydrogen (secondary N) is 2. The van der Waals surface area contributed by atoms with Crippen molar-refractivity contribution in [2.45, 2.75) is 17.1 Å². The molecule has 0 saturated carbocycles. The average Bonchev–Trinajstić information content (AvgIpc) is 2.75. The van der Waals surface area contributed by atoms with Gasteiger partial charge in [-0.2, -0.15) is 0 Å². The number of rotatable bonds is 7. The number of carbonyl (C=O) groups is 3. The van der Waals surface area contributed by atoms with Crippen molar-refractivity contribution < 1.29 is 19.5 Å². The minimum Gasteiger partial charge on any atom is -0.478 e. The summed E-state index contributed by atoms with van der Waals surface area (Å²) in [5.74, 6) is -1.90. The number of halogens is 1. The standard InChI is InChI=1S/C23H19ClN2O4S/c1-14(21(27)26-20-12-5-4-11-19(20)24)31-16-8-6-7-15(13-16)25-22(28)17-9-2-3-10-18(17)23(29)30/h2-14H,1H3,(H,25,28)(H,26,27)(H,29,30). The number of carbonyl (C=O) groups excluding carboxylic acids is 2. The Morgan fingerprint density at radius 2 is 1.58 bits per heavy atom. The van der Waals surface area contributed by atoms with Gasteiger partial charge in [-0.15, -0.1) is 11.8 Å². The van der Waals surface area contributed by atoms with Gasteiger partial charge in [0, 0.05) is 10.6 Å². The molecule has 0 saturated heterocycles. The summed E-state index contributed by atoms with van der Waals surface area (Å²) in [7, 11) is 0. The van der Waals surface area contributed by atoms with Crippen LogP contribution < -0.4 is 10.6 Å². The summed E-state index contributed by atoms with van der Waals surface area (Å²) >= 11 is 7.41. The molecule has 31 heavy (non-hydrogen) atoms. The van der Waals surface area contributed by atoms with E-state index in [2.05, 4.69) is 10.6 Å². The molecule has 0 aliphatic rings. The molecule has 3 N–H and O–H groups in total. The van der Waals surface area contributed by atoms with E-state index < -0.39 is 17.1 Å². The van der Waals surface area contributed by atoms with Gasteiger partial charge in [-0.3, -0.25) is 9.59 Å². The Morgan fingerprint density at radius 3 is 2.29 bits per heavy atom. The van der Waals surface area contributed by atoms with Crippen LogP contribution in [0.1, 0.15) is 27.6 Å². The highest BCUT2D eigenvalue weighted by Crippen LogP contribution is 2.28. The van der Waals surface area contributed by atoms with E-state index in [1.165, 1.54) is 23.9 Å². The van der Waals surface area contributed by atoms with E-state index in [4.69, 9.17) is 11.6 Å². The SMILES string of the molecule is CC(Sc1cccc(NC(=O)c2ccccc2C(=O)O)c1)C(=O)Nc1ccccc1Cl. The zero-order valence-electron chi connectivity index (χ0n) is 16.5. The van der Waals surface area contributed by atoms with Gasteiger partial charge < -0.3 is 15.7 Å². The van der Waals surface area contributed by atoms with Crippen LogP contribution in [0.15, 0.2) is 77.7 Å². The molecule has 8 heteroatoms. The molecule has 0 aromatic heterocycles. The van der Waals surface area contributed by atoms with E-state index in [0.29, 0.717) is 16.4 Å². The lowest BCUT2D eigenvalue weighted by atomic mass is 10.1. The highest BCUT2D eigenvalue weighted by atomic mass is 35.5. The summed E-state index contributed by atoms with van der Waals surface area (Å²) < 4.78 is 0. The molecular formula is C23H19ClN2O4S. The highest BCUT2D eigenvalue weighted by molar-refractivity contribution is 8.00. The second-order valence-electron chi connectivity index (χ2n) is 6.56. The van der Waals surface area contributed by atoms with Crippen LogP contribution in [0.4, 0.5) is 11.4 Å². The molecule has 0 heterocycles. The topological polar surface area (TPSA) is 95.5 Å². The first-order valence-electron chi connectivity index (χ1n) is 9.31. The summed E-state index contributed by atoms with van der Waals surface area (Å²) in [5, 5.41) is 14.8. The molecule has 0 aliphatic heterocycles. The average molecular weight is 455 g/mol. The van der Waals surface area contributed by atoms with Crippen LogP contribution in [0.25, 0.3) is 0 Å². The summed E-state index contributed by atoms with van der Waals surface area (Å²) in [6.07, 6.45) is 0. The molecule has 158 valence electrons. The fraction of sp³-hybridized carbons (Fsp3) is 0.0870. The number of hydrogen-bond acceptors (Lipinski definition) is 4. The van der Waals surface area contributed by atoms with Gasteiger partial charge in [-0.25, -0.2) is 4.79 Å². The number of anilines is 2. The number of carboxylic acid groups (broad SMARTS) is 1. The number of para-hydroxylation sites is 1. The van der Waals surface area contributed by atoms with Crippen molar-refractivity contribution in [3.63, 3.8) is 0 Å². The Hall–Kier alpha value is -3.29. The number of aromatic carboxylic acids is 1. The molecule has 1 unspecified atom stereocenters. The monoisotopic (exact) mass is 454 g/mol. The maximum absolute atomic E-state index is 12.6. The predicted molar refractivity (Wildman–Crippen MR) is 123 cm³/mol.